The Morgan fingerprint density at radius 1 is 1.50 bits per heavy atom. The second-order valence-corrected chi connectivity index (χ2v) is 4.96. The molecule has 6 nitrogen and oxygen atoms in total. The Morgan fingerprint density at radius 3 is 2.89 bits per heavy atom. The molecule has 2 aromatic rings. The van der Waals surface area contributed by atoms with Crippen molar-refractivity contribution in [2.45, 2.75) is 20.3 Å². The van der Waals surface area contributed by atoms with E-state index in [4.69, 9.17) is 0 Å². The Morgan fingerprint density at radius 2 is 2.28 bits per heavy atom. The number of carbonyl (C=O) groups is 1. The van der Waals surface area contributed by atoms with Gasteiger partial charge in [0.15, 0.2) is 5.69 Å². The number of aryl methyl sites for hydroxylation is 1. The van der Waals surface area contributed by atoms with E-state index in [-0.39, 0.29) is 5.91 Å². The molecule has 0 N–H and O–H groups in total. The minimum atomic E-state index is 0.0586. The third kappa shape index (κ3) is 2.73. The summed E-state index contributed by atoms with van der Waals surface area (Å²) in [7, 11) is 1.78. The highest BCUT2D eigenvalue weighted by molar-refractivity contribution is 7.09. The molecule has 0 spiro atoms. The Hall–Kier alpha value is -1.76. The van der Waals surface area contributed by atoms with Crippen LogP contribution >= 0.6 is 11.3 Å². The zero-order valence-corrected chi connectivity index (χ0v) is 11.3. The van der Waals surface area contributed by atoms with Crippen LogP contribution < -0.4 is 0 Å². The van der Waals surface area contributed by atoms with Crippen molar-refractivity contribution in [3.63, 3.8) is 0 Å². The molecule has 7 heteroatoms. The van der Waals surface area contributed by atoms with Gasteiger partial charge in [0.05, 0.1) is 5.01 Å². The summed E-state index contributed by atoms with van der Waals surface area (Å²) >= 11 is 1.55. The molecule has 0 aliphatic rings. The van der Waals surface area contributed by atoms with Crippen molar-refractivity contribution < 1.29 is 9.42 Å². The minimum absolute atomic E-state index is 0.0586. The number of aromatic nitrogens is 3. The fraction of sp³-hybridized carbons (Fsp3) is 0.455. The van der Waals surface area contributed by atoms with Gasteiger partial charge in [0.2, 0.25) is 5.91 Å². The fourth-order valence-electron chi connectivity index (χ4n) is 1.42. The van der Waals surface area contributed by atoms with Crippen LogP contribution in [-0.2, 0) is 11.2 Å². The van der Waals surface area contributed by atoms with Gasteiger partial charge in [-0.3, -0.25) is 4.79 Å². The van der Waals surface area contributed by atoms with Crippen molar-refractivity contribution in [1.29, 1.82) is 0 Å². The largest absolute Gasteiger partial charge is 0.346 e. The van der Waals surface area contributed by atoms with Gasteiger partial charge >= 0.3 is 0 Å². The van der Waals surface area contributed by atoms with Crippen LogP contribution in [-0.4, -0.2) is 39.7 Å². The third-order valence-electron chi connectivity index (χ3n) is 2.65. The molecule has 1 amide bonds. The van der Waals surface area contributed by atoms with Crippen LogP contribution in [0.3, 0.4) is 0 Å². The van der Waals surface area contributed by atoms with Gasteiger partial charge in [-0.25, -0.2) is 9.61 Å². The second kappa shape index (κ2) is 5.26. The summed E-state index contributed by atoms with van der Waals surface area (Å²) in [5.74, 6) is 0.0586. The summed E-state index contributed by atoms with van der Waals surface area (Å²) in [6.07, 6.45) is 0.741. The summed E-state index contributed by atoms with van der Waals surface area (Å²) in [6, 6.07) is 0. The van der Waals surface area contributed by atoms with E-state index in [1.807, 2.05) is 12.3 Å². The first-order valence-corrected chi connectivity index (χ1v) is 6.41. The number of likely N-dealkylation sites (N-methyl/N-ethyl adjacent to an activating group) is 1. The molecule has 0 aliphatic heterocycles. The topological polar surface area (TPSA) is 72.1 Å². The first-order valence-electron chi connectivity index (χ1n) is 5.53. The maximum atomic E-state index is 11.1. The van der Waals surface area contributed by atoms with Crippen molar-refractivity contribution in [3.8, 4) is 11.4 Å². The molecule has 18 heavy (non-hydrogen) atoms. The average Bonchev–Trinajstić information content (AvgIpc) is 2.94. The number of nitrogens with zero attached hydrogens (tertiary/aromatic N) is 4. The van der Waals surface area contributed by atoms with E-state index in [1.165, 1.54) is 0 Å². The van der Waals surface area contributed by atoms with Crippen LogP contribution in [0.4, 0.5) is 0 Å². The first kappa shape index (κ1) is 12.7. The van der Waals surface area contributed by atoms with Gasteiger partial charge in [-0.2, -0.15) is 0 Å². The number of carbonyl (C=O) groups excluding carboxylic acids is 1. The van der Waals surface area contributed by atoms with Crippen LogP contribution in [0.15, 0.2) is 10.0 Å². The maximum Gasteiger partial charge on any atom is 0.219 e. The summed E-state index contributed by atoms with van der Waals surface area (Å²) in [6.45, 7) is 4.05. The van der Waals surface area contributed by atoms with E-state index < -0.39 is 0 Å². The number of amides is 1. The standard InChI is InChI=1S/C11H14N4O2S/c1-7-11(14-17-13-7)9-6-18-10(12-9)4-5-15(3)8(2)16/h6H,4-5H2,1-3H3. The summed E-state index contributed by atoms with van der Waals surface area (Å²) in [5, 5.41) is 10.4. The van der Waals surface area contributed by atoms with Gasteiger partial charge in [-0.05, 0) is 12.1 Å². The SMILES string of the molecule is CC(=O)N(C)CCc1nc(-c2nonc2C)cs1. The molecule has 2 aromatic heterocycles. The van der Waals surface area contributed by atoms with Gasteiger partial charge in [-0.15, -0.1) is 11.3 Å². The molecule has 0 atom stereocenters. The predicted molar refractivity (Wildman–Crippen MR) is 67.2 cm³/mol. The molecule has 0 aromatic carbocycles. The van der Waals surface area contributed by atoms with Crippen LogP contribution in [0.25, 0.3) is 11.4 Å². The molecule has 0 aliphatic carbocycles. The number of hydrogen-bond acceptors (Lipinski definition) is 6. The number of rotatable bonds is 4. The van der Waals surface area contributed by atoms with Crippen LogP contribution in [0, 0.1) is 6.92 Å². The lowest BCUT2D eigenvalue weighted by atomic mass is 10.3. The Balaban J connectivity index is 2.03. The second-order valence-electron chi connectivity index (χ2n) is 4.02. The van der Waals surface area contributed by atoms with E-state index in [2.05, 4.69) is 19.9 Å². The molecule has 96 valence electrons. The molecular formula is C11H14N4O2S. The molecule has 2 rings (SSSR count). The van der Waals surface area contributed by atoms with Gasteiger partial charge in [0.1, 0.15) is 11.4 Å². The van der Waals surface area contributed by atoms with Crippen molar-refractivity contribution in [1.82, 2.24) is 20.2 Å². The zero-order chi connectivity index (χ0) is 13.1. The summed E-state index contributed by atoms with van der Waals surface area (Å²) in [5.41, 5.74) is 2.18. The number of thiazole rings is 1. The highest BCUT2D eigenvalue weighted by Gasteiger charge is 2.12. The molecule has 0 fully saturated rings. The smallest absolute Gasteiger partial charge is 0.219 e. The van der Waals surface area contributed by atoms with E-state index in [0.717, 1.165) is 22.8 Å². The van der Waals surface area contributed by atoms with Crippen LogP contribution in [0.2, 0.25) is 0 Å². The zero-order valence-electron chi connectivity index (χ0n) is 10.5. The van der Waals surface area contributed by atoms with E-state index >= 15 is 0 Å². The van der Waals surface area contributed by atoms with E-state index in [0.29, 0.717) is 12.2 Å². The molecule has 0 saturated carbocycles. The molecule has 2 heterocycles. The Labute approximate surface area is 109 Å². The Bertz CT molecular complexity index is 549. The lowest BCUT2D eigenvalue weighted by Crippen LogP contribution is -2.26. The number of hydrogen-bond donors (Lipinski definition) is 0. The molecule has 0 unspecified atom stereocenters. The highest BCUT2D eigenvalue weighted by Crippen LogP contribution is 2.22. The maximum absolute atomic E-state index is 11.1. The quantitative estimate of drug-likeness (QED) is 0.839. The van der Waals surface area contributed by atoms with Gasteiger partial charge in [0.25, 0.3) is 0 Å². The molecule has 0 radical (unpaired) electrons. The monoisotopic (exact) mass is 266 g/mol. The normalized spacial score (nSPS) is 10.6. The van der Waals surface area contributed by atoms with Gasteiger partial charge in [0, 0.05) is 32.3 Å². The minimum Gasteiger partial charge on any atom is -0.346 e. The van der Waals surface area contributed by atoms with Crippen LogP contribution in [0.1, 0.15) is 17.6 Å². The molecular weight excluding hydrogens is 252 g/mol. The fourth-order valence-corrected chi connectivity index (χ4v) is 2.19. The summed E-state index contributed by atoms with van der Waals surface area (Å²) in [4.78, 5) is 17.2. The van der Waals surface area contributed by atoms with E-state index in [9.17, 15) is 4.79 Å². The van der Waals surface area contributed by atoms with Crippen molar-refractivity contribution in [2.24, 2.45) is 0 Å². The first-order chi connectivity index (χ1) is 8.58. The van der Waals surface area contributed by atoms with Crippen molar-refractivity contribution in [3.05, 3.63) is 16.1 Å². The molecule has 0 saturated heterocycles. The third-order valence-corrected chi connectivity index (χ3v) is 3.55. The van der Waals surface area contributed by atoms with Gasteiger partial charge < -0.3 is 4.90 Å². The summed E-state index contributed by atoms with van der Waals surface area (Å²) < 4.78 is 4.65. The van der Waals surface area contributed by atoms with Crippen molar-refractivity contribution in [2.75, 3.05) is 13.6 Å². The van der Waals surface area contributed by atoms with Crippen molar-refractivity contribution >= 4 is 17.2 Å². The lowest BCUT2D eigenvalue weighted by Gasteiger charge is -2.12. The molecule has 0 bridgehead atoms. The predicted octanol–water partition coefficient (Wildman–Crippen LogP) is 1.52. The average molecular weight is 266 g/mol. The van der Waals surface area contributed by atoms with E-state index in [1.54, 1.807) is 30.2 Å². The Kier molecular flexibility index (Phi) is 3.71. The lowest BCUT2D eigenvalue weighted by molar-refractivity contribution is -0.127. The van der Waals surface area contributed by atoms with Crippen LogP contribution in [0.5, 0.6) is 0 Å². The highest BCUT2D eigenvalue weighted by atomic mass is 32.1. The van der Waals surface area contributed by atoms with Gasteiger partial charge in [-0.1, -0.05) is 5.16 Å².